The topological polar surface area (TPSA) is 58.0 Å². The molecule has 0 unspecified atom stereocenters. The highest BCUT2D eigenvalue weighted by Gasteiger charge is 2.06. The van der Waals surface area contributed by atoms with E-state index in [9.17, 15) is 4.39 Å². The lowest BCUT2D eigenvalue weighted by atomic mass is 10.3. The molecule has 0 amide bonds. The largest absolute Gasteiger partial charge is 0.490 e. The van der Waals surface area contributed by atoms with Crippen LogP contribution in [0.2, 0.25) is 0 Å². The number of hydrogen-bond acceptors (Lipinski definition) is 2. The van der Waals surface area contributed by atoms with E-state index in [4.69, 9.17) is 10.3 Å². The van der Waals surface area contributed by atoms with Gasteiger partial charge >= 0.3 is 0 Å². The highest BCUT2D eigenvalue weighted by molar-refractivity contribution is 5.52. The normalized spacial score (nSPS) is 9.08. The lowest BCUT2D eigenvalue weighted by molar-refractivity contribution is 0.323. The molecule has 0 N–H and O–H groups in total. The number of nitrogens with zero attached hydrogens (tertiary/aromatic N) is 3. The lowest BCUT2D eigenvalue weighted by Gasteiger charge is -2.06. The molecule has 0 saturated heterocycles. The van der Waals surface area contributed by atoms with Gasteiger partial charge in [-0.05, 0) is 24.6 Å². The first-order valence-corrected chi connectivity index (χ1v) is 3.76. The van der Waals surface area contributed by atoms with E-state index in [2.05, 4.69) is 10.0 Å². The minimum atomic E-state index is -0.522. The summed E-state index contributed by atoms with van der Waals surface area (Å²) < 4.78 is 18.0. The summed E-state index contributed by atoms with van der Waals surface area (Å²) in [6, 6.07) is 4.21. The van der Waals surface area contributed by atoms with Gasteiger partial charge in [-0.3, -0.25) is 0 Å². The number of benzene rings is 1. The Balaban J connectivity index is 3.16. The molecule has 0 spiro atoms. The molecule has 0 aromatic heterocycles. The first kappa shape index (κ1) is 9.35. The van der Waals surface area contributed by atoms with Crippen LogP contribution < -0.4 is 4.74 Å². The van der Waals surface area contributed by atoms with Crippen LogP contribution in [0.1, 0.15) is 6.92 Å². The zero-order valence-corrected chi connectivity index (χ0v) is 7.07. The second-order valence-electron chi connectivity index (χ2n) is 2.21. The van der Waals surface area contributed by atoms with Crippen molar-refractivity contribution in [3.05, 3.63) is 34.5 Å². The monoisotopic (exact) mass is 181 g/mol. The van der Waals surface area contributed by atoms with Crippen LogP contribution in [0.15, 0.2) is 23.3 Å². The van der Waals surface area contributed by atoms with Gasteiger partial charge in [0.25, 0.3) is 0 Å². The number of azide groups is 1. The molecule has 0 fully saturated rings. The van der Waals surface area contributed by atoms with Gasteiger partial charge in [0.2, 0.25) is 0 Å². The van der Waals surface area contributed by atoms with Gasteiger partial charge in [-0.1, -0.05) is 11.2 Å². The predicted molar refractivity (Wildman–Crippen MR) is 46.4 cm³/mol. The zero-order chi connectivity index (χ0) is 9.68. The molecule has 0 radical (unpaired) electrons. The summed E-state index contributed by atoms with van der Waals surface area (Å²) >= 11 is 0. The maximum absolute atomic E-state index is 13.1. The fourth-order valence-electron chi connectivity index (χ4n) is 0.912. The molecule has 13 heavy (non-hydrogen) atoms. The maximum Gasteiger partial charge on any atom is 0.165 e. The molecule has 0 atom stereocenters. The van der Waals surface area contributed by atoms with Crippen LogP contribution in [-0.2, 0) is 0 Å². The van der Waals surface area contributed by atoms with Crippen LogP contribution in [-0.4, -0.2) is 6.61 Å². The van der Waals surface area contributed by atoms with Crippen molar-refractivity contribution in [3.8, 4) is 5.75 Å². The van der Waals surface area contributed by atoms with E-state index in [1.165, 1.54) is 18.2 Å². The van der Waals surface area contributed by atoms with Crippen molar-refractivity contribution < 1.29 is 9.13 Å². The Labute approximate surface area is 74.6 Å². The minimum Gasteiger partial charge on any atom is -0.490 e. The summed E-state index contributed by atoms with van der Waals surface area (Å²) in [6.07, 6.45) is 0. The van der Waals surface area contributed by atoms with Crippen LogP contribution in [0, 0.1) is 5.82 Å². The summed E-state index contributed by atoms with van der Waals surface area (Å²) in [4.78, 5) is 2.57. The van der Waals surface area contributed by atoms with Crippen molar-refractivity contribution in [1.82, 2.24) is 0 Å². The molecule has 5 heteroatoms. The summed E-state index contributed by atoms with van der Waals surface area (Å²) in [7, 11) is 0. The van der Waals surface area contributed by atoms with Crippen molar-refractivity contribution in [1.29, 1.82) is 0 Å². The van der Waals surface area contributed by atoms with Gasteiger partial charge in [0, 0.05) is 4.91 Å². The van der Waals surface area contributed by atoms with Crippen LogP contribution in [0.5, 0.6) is 5.75 Å². The summed E-state index contributed by atoms with van der Waals surface area (Å²) in [6.45, 7) is 2.06. The third-order valence-electron chi connectivity index (χ3n) is 1.39. The second kappa shape index (κ2) is 4.33. The van der Waals surface area contributed by atoms with Crippen molar-refractivity contribution in [2.45, 2.75) is 6.92 Å². The molecule has 0 saturated carbocycles. The van der Waals surface area contributed by atoms with Crippen molar-refractivity contribution in [2.24, 2.45) is 5.11 Å². The Morgan fingerprint density at radius 3 is 3.00 bits per heavy atom. The molecular formula is C8H8FN3O. The van der Waals surface area contributed by atoms with E-state index in [0.717, 1.165) is 0 Å². The molecule has 0 aliphatic heterocycles. The molecule has 1 rings (SSSR count). The van der Waals surface area contributed by atoms with Gasteiger partial charge in [0.1, 0.15) is 0 Å². The molecule has 0 bridgehead atoms. The fourth-order valence-corrected chi connectivity index (χ4v) is 0.912. The SMILES string of the molecule is CCOc1c(F)cccc1N=[N+]=[N-]. The molecule has 68 valence electrons. The highest BCUT2D eigenvalue weighted by atomic mass is 19.1. The highest BCUT2D eigenvalue weighted by Crippen LogP contribution is 2.30. The first-order valence-electron chi connectivity index (χ1n) is 3.76. The predicted octanol–water partition coefficient (Wildman–Crippen LogP) is 3.17. The Kier molecular flexibility index (Phi) is 3.11. The quantitative estimate of drug-likeness (QED) is 0.401. The van der Waals surface area contributed by atoms with Gasteiger partial charge in [0.05, 0.1) is 12.3 Å². The third kappa shape index (κ3) is 2.10. The van der Waals surface area contributed by atoms with E-state index in [-0.39, 0.29) is 11.4 Å². The molecule has 0 aliphatic carbocycles. The van der Waals surface area contributed by atoms with Gasteiger partial charge in [-0.25, -0.2) is 4.39 Å². The number of ether oxygens (including phenoxy) is 1. The number of rotatable bonds is 3. The average molecular weight is 181 g/mol. The lowest BCUT2D eigenvalue weighted by Crippen LogP contribution is -1.94. The molecule has 1 aromatic carbocycles. The second-order valence-corrected chi connectivity index (χ2v) is 2.21. The zero-order valence-electron chi connectivity index (χ0n) is 7.07. The van der Waals surface area contributed by atoms with Gasteiger partial charge in [0.15, 0.2) is 11.6 Å². The molecule has 4 nitrogen and oxygen atoms in total. The van der Waals surface area contributed by atoms with E-state index < -0.39 is 5.82 Å². The molecule has 1 aromatic rings. The van der Waals surface area contributed by atoms with Crippen LogP contribution in [0.25, 0.3) is 10.4 Å². The molecule has 0 aliphatic rings. The number of para-hydroxylation sites is 1. The molecule has 0 heterocycles. The van der Waals surface area contributed by atoms with E-state index >= 15 is 0 Å². The van der Waals surface area contributed by atoms with E-state index in [1.54, 1.807) is 6.92 Å². The van der Waals surface area contributed by atoms with Crippen LogP contribution in [0.4, 0.5) is 10.1 Å². The summed E-state index contributed by atoms with van der Waals surface area (Å²) in [5, 5.41) is 3.30. The van der Waals surface area contributed by atoms with Gasteiger partial charge in [-0.2, -0.15) is 0 Å². The Bertz CT molecular complexity index is 347. The maximum atomic E-state index is 13.1. The Hall–Kier alpha value is -1.74. The van der Waals surface area contributed by atoms with Gasteiger partial charge in [-0.15, -0.1) is 0 Å². The van der Waals surface area contributed by atoms with Gasteiger partial charge < -0.3 is 4.74 Å². The number of hydrogen-bond donors (Lipinski definition) is 0. The Morgan fingerprint density at radius 1 is 1.62 bits per heavy atom. The van der Waals surface area contributed by atoms with Crippen LogP contribution >= 0.6 is 0 Å². The summed E-state index contributed by atoms with van der Waals surface area (Å²) in [5.41, 5.74) is 8.35. The van der Waals surface area contributed by atoms with Crippen molar-refractivity contribution >= 4 is 5.69 Å². The van der Waals surface area contributed by atoms with Crippen LogP contribution in [0.3, 0.4) is 0 Å². The van der Waals surface area contributed by atoms with Crippen molar-refractivity contribution in [2.75, 3.05) is 6.61 Å². The fraction of sp³-hybridized carbons (Fsp3) is 0.250. The minimum absolute atomic E-state index is 0.00259. The smallest absolute Gasteiger partial charge is 0.165 e. The first-order chi connectivity index (χ1) is 6.29. The molecular weight excluding hydrogens is 173 g/mol. The average Bonchev–Trinajstić information content (AvgIpc) is 2.11. The standard InChI is InChI=1S/C8H8FN3O/c1-2-13-8-6(9)4-3-5-7(8)11-12-10/h3-5H,2H2,1H3. The van der Waals surface area contributed by atoms with E-state index in [1.807, 2.05) is 0 Å². The summed E-state index contributed by atoms with van der Waals surface area (Å²) in [5.74, 6) is -0.519. The number of halogens is 1. The third-order valence-corrected chi connectivity index (χ3v) is 1.39. The van der Waals surface area contributed by atoms with E-state index in [0.29, 0.717) is 6.61 Å². The Morgan fingerprint density at radius 2 is 2.38 bits per heavy atom. The van der Waals surface area contributed by atoms with Crippen molar-refractivity contribution in [3.63, 3.8) is 0 Å².